The molecule has 1 aromatic heterocycles. The number of hydrogen-bond donors (Lipinski definition) is 1. The number of aromatic nitrogens is 1. The van der Waals surface area contributed by atoms with Gasteiger partial charge in [-0.15, -0.1) is 0 Å². The first kappa shape index (κ1) is 25.6. The molecule has 0 saturated carbocycles. The molecule has 0 spiro atoms. The van der Waals surface area contributed by atoms with Gasteiger partial charge in [0.1, 0.15) is 5.75 Å². The Hall–Kier alpha value is -3.53. The lowest BCUT2D eigenvalue weighted by atomic mass is 10.1. The van der Waals surface area contributed by atoms with Crippen LogP contribution in [0.2, 0.25) is 5.02 Å². The van der Waals surface area contributed by atoms with Gasteiger partial charge < -0.3 is 19.2 Å². The Bertz CT molecular complexity index is 1530. The quantitative estimate of drug-likeness (QED) is 0.341. The molecular weight excluding hydrogens is 504 g/mol. The summed E-state index contributed by atoms with van der Waals surface area (Å²) in [7, 11) is 0.609. The molecule has 0 radical (unpaired) electrons. The van der Waals surface area contributed by atoms with Crippen LogP contribution in [0.15, 0.2) is 76.4 Å². The first-order valence-electron chi connectivity index (χ1n) is 10.9. The molecule has 0 saturated heterocycles. The second-order valence-electron chi connectivity index (χ2n) is 7.99. The number of methoxy groups -OCH3 is 3. The zero-order chi connectivity index (χ0) is 25.9. The standard InChI is InChI=1S/C26H25ClN2O6S/c1-33-21-8-4-17(5-9-21)15-29(36(31,32)22-10-6-20(27)7-11-22)16-19-12-18-13-24(34-2)25(35-3)14-23(18)28-26(19)30/h4-14H,15-16H2,1-3H3,(H,28,30). The SMILES string of the molecule is COc1ccc(CN(Cc2cc3cc(OC)c(OC)cc3[nH]c2=O)S(=O)(=O)c2ccc(Cl)cc2)cc1. The van der Waals surface area contributed by atoms with Crippen molar-refractivity contribution >= 4 is 32.5 Å². The fraction of sp³-hybridized carbons (Fsp3) is 0.192. The number of nitrogens with zero attached hydrogens (tertiary/aromatic N) is 1. The Balaban J connectivity index is 1.77. The van der Waals surface area contributed by atoms with Crippen LogP contribution in [-0.2, 0) is 23.1 Å². The zero-order valence-corrected chi connectivity index (χ0v) is 21.5. The summed E-state index contributed by atoms with van der Waals surface area (Å²) in [5.41, 5.74) is 1.15. The van der Waals surface area contributed by atoms with E-state index in [0.717, 1.165) is 5.56 Å². The van der Waals surface area contributed by atoms with Gasteiger partial charge >= 0.3 is 0 Å². The molecule has 8 nitrogen and oxygen atoms in total. The molecule has 36 heavy (non-hydrogen) atoms. The fourth-order valence-corrected chi connectivity index (χ4v) is 5.33. The molecule has 4 aromatic rings. The van der Waals surface area contributed by atoms with Gasteiger partial charge in [0.15, 0.2) is 11.5 Å². The lowest BCUT2D eigenvalue weighted by molar-refractivity contribution is 0.355. The molecule has 0 aliphatic carbocycles. The van der Waals surface area contributed by atoms with Crippen molar-refractivity contribution in [3.63, 3.8) is 0 Å². The van der Waals surface area contributed by atoms with E-state index in [4.69, 9.17) is 25.8 Å². The van der Waals surface area contributed by atoms with Crippen LogP contribution in [0.25, 0.3) is 10.9 Å². The van der Waals surface area contributed by atoms with E-state index in [9.17, 15) is 13.2 Å². The molecule has 0 aliphatic heterocycles. The third-order valence-electron chi connectivity index (χ3n) is 5.74. The summed E-state index contributed by atoms with van der Waals surface area (Å²) in [5.74, 6) is 1.62. The van der Waals surface area contributed by atoms with Crippen LogP contribution >= 0.6 is 11.6 Å². The molecular formula is C26H25ClN2O6S. The molecule has 0 aliphatic rings. The summed E-state index contributed by atoms with van der Waals surface area (Å²) >= 11 is 5.97. The predicted molar refractivity (Wildman–Crippen MR) is 139 cm³/mol. The molecule has 3 aromatic carbocycles. The van der Waals surface area contributed by atoms with Crippen molar-refractivity contribution in [1.82, 2.24) is 9.29 Å². The number of ether oxygens (including phenoxy) is 3. The maximum Gasteiger partial charge on any atom is 0.252 e. The minimum Gasteiger partial charge on any atom is -0.497 e. The minimum absolute atomic E-state index is 0.0400. The summed E-state index contributed by atoms with van der Waals surface area (Å²) in [6.07, 6.45) is 0. The van der Waals surface area contributed by atoms with Crippen molar-refractivity contribution in [2.45, 2.75) is 18.0 Å². The van der Waals surface area contributed by atoms with E-state index in [2.05, 4.69) is 4.98 Å². The monoisotopic (exact) mass is 528 g/mol. The summed E-state index contributed by atoms with van der Waals surface area (Å²) in [6.45, 7) is -0.116. The Morgan fingerprint density at radius 3 is 2.08 bits per heavy atom. The number of fused-ring (bicyclic) bond motifs is 1. The van der Waals surface area contributed by atoms with Gasteiger partial charge in [-0.25, -0.2) is 8.42 Å². The van der Waals surface area contributed by atoms with E-state index >= 15 is 0 Å². The third-order valence-corrected chi connectivity index (χ3v) is 7.80. The number of hydrogen-bond acceptors (Lipinski definition) is 6. The van der Waals surface area contributed by atoms with Gasteiger partial charge in [-0.2, -0.15) is 4.31 Å². The van der Waals surface area contributed by atoms with Crippen LogP contribution in [0.1, 0.15) is 11.1 Å². The topological polar surface area (TPSA) is 97.9 Å². The Morgan fingerprint density at radius 1 is 0.833 bits per heavy atom. The predicted octanol–water partition coefficient (Wildman–Crippen LogP) is 4.60. The molecule has 1 heterocycles. The van der Waals surface area contributed by atoms with Crippen LogP contribution in [0.4, 0.5) is 0 Å². The average Bonchev–Trinajstić information content (AvgIpc) is 2.88. The summed E-state index contributed by atoms with van der Waals surface area (Å²) in [4.78, 5) is 15.9. The highest BCUT2D eigenvalue weighted by atomic mass is 35.5. The van der Waals surface area contributed by atoms with Crippen LogP contribution in [0, 0.1) is 0 Å². The van der Waals surface area contributed by atoms with Gasteiger partial charge in [-0.1, -0.05) is 23.7 Å². The van der Waals surface area contributed by atoms with Crippen LogP contribution in [0.5, 0.6) is 17.2 Å². The number of H-pyrrole nitrogens is 1. The van der Waals surface area contributed by atoms with E-state index in [1.54, 1.807) is 49.6 Å². The van der Waals surface area contributed by atoms with Gasteiger partial charge in [0.05, 0.1) is 31.7 Å². The van der Waals surface area contributed by atoms with Crippen molar-refractivity contribution in [3.05, 3.63) is 93.2 Å². The maximum atomic E-state index is 13.6. The number of halogens is 1. The molecule has 1 N–H and O–H groups in total. The van der Waals surface area contributed by atoms with Gasteiger partial charge in [-0.05, 0) is 54.1 Å². The number of pyridine rings is 1. The van der Waals surface area contributed by atoms with Crippen LogP contribution < -0.4 is 19.8 Å². The number of rotatable bonds is 9. The van der Waals surface area contributed by atoms with Crippen molar-refractivity contribution in [3.8, 4) is 17.2 Å². The minimum atomic E-state index is -3.98. The largest absolute Gasteiger partial charge is 0.497 e. The van der Waals surface area contributed by atoms with E-state index in [-0.39, 0.29) is 23.5 Å². The Kier molecular flexibility index (Phi) is 7.53. The molecule has 10 heteroatoms. The molecule has 0 atom stereocenters. The number of sulfonamides is 1. The number of benzene rings is 3. The Labute approximate surface area is 214 Å². The lowest BCUT2D eigenvalue weighted by Crippen LogP contribution is -2.32. The highest BCUT2D eigenvalue weighted by Crippen LogP contribution is 2.31. The third kappa shape index (κ3) is 5.33. The Morgan fingerprint density at radius 2 is 1.47 bits per heavy atom. The smallest absolute Gasteiger partial charge is 0.252 e. The van der Waals surface area contributed by atoms with Crippen molar-refractivity contribution < 1.29 is 22.6 Å². The lowest BCUT2D eigenvalue weighted by Gasteiger charge is -2.23. The van der Waals surface area contributed by atoms with E-state index in [1.165, 1.54) is 42.8 Å². The van der Waals surface area contributed by atoms with Gasteiger partial charge in [0.25, 0.3) is 5.56 Å². The van der Waals surface area contributed by atoms with Crippen LogP contribution in [0.3, 0.4) is 0 Å². The molecule has 188 valence electrons. The average molecular weight is 529 g/mol. The van der Waals surface area contributed by atoms with E-state index in [1.807, 2.05) is 0 Å². The molecule has 0 amide bonds. The first-order valence-corrected chi connectivity index (χ1v) is 12.7. The summed E-state index contributed by atoms with van der Waals surface area (Å²) in [5, 5.41) is 1.10. The van der Waals surface area contributed by atoms with Crippen molar-refractivity contribution in [1.29, 1.82) is 0 Å². The number of aromatic amines is 1. The van der Waals surface area contributed by atoms with E-state index < -0.39 is 15.6 Å². The molecule has 0 fully saturated rings. The normalized spacial score (nSPS) is 11.6. The van der Waals surface area contributed by atoms with Crippen molar-refractivity contribution in [2.75, 3.05) is 21.3 Å². The van der Waals surface area contributed by atoms with Gasteiger partial charge in [0.2, 0.25) is 10.0 Å². The second-order valence-corrected chi connectivity index (χ2v) is 10.4. The first-order chi connectivity index (χ1) is 17.2. The molecule has 4 rings (SSSR count). The fourth-order valence-electron chi connectivity index (χ4n) is 3.80. The van der Waals surface area contributed by atoms with Gasteiger partial charge in [0, 0.05) is 35.1 Å². The summed E-state index contributed by atoms with van der Waals surface area (Å²) < 4.78 is 44.4. The molecule has 0 bridgehead atoms. The maximum absolute atomic E-state index is 13.6. The second kappa shape index (κ2) is 10.6. The van der Waals surface area contributed by atoms with Crippen molar-refractivity contribution in [2.24, 2.45) is 0 Å². The molecule has 0 unspecified atom stereocenters. The van der Waals surface area contributed by atoms with E-state index in [0.29, 0.717) is 33.2 Å². The zero-order valence-electron chi connectivity index (χ0n) is 19.9. The highest BCUT2D eigenvalue weighted by molar-refractivity contribution is 7.89. The van der Waals surface area contributed by atoms with Gasteiger partial charge in [-0.3, -0.25) is 4.79 Å². The number of nitrogens with one attached hydrogen (secondary N) is 1. The highest BCUT2D eigenvalue weighted by Gasteiger charge is 2.26. The summed E-state index contributed by atoms with van der Waals surface area (Å²) in [6, 6.07) is 18.1. The van der Waals surface area contributed by atoms with Crippen LogP contribution in [-0.4, -0.2) is 39.0 Å².